The van der Waals surface area contributed by atoms with Gasteiger partial charge in [0.25, 0.3) is 0 Å². The third-order valence-corrected chi connectivity index (χ3v) is 2.94. The average Bonchev–Trinajstić information content (AvgIpc) is 2.34. The van der Waals surface area contributed by atoms with Crippen molar-refractivity contribution in [3.05, 3.63) is 0 Å². The van der Waals surface area contributed by atoms with Crippen LogP contribution in [0.15, 0.2) is 0 Å². The number of hydrogen-bond acceptors (Lipinski definition) is 4. The molecule has 58 valence electrons. The maximum Gasteiger partial charge on any atom is 0.320 e. The Bertz CT molecular complexity index is 140. The summed E-state index contributed by atoms with van der Waals surface area (Å²) in [6, 6.07) is -0.00236. The first kappa shape index (κ1) is 7.88. The zero-order chi connectivity index (χ0) is 7.56. The fourth-order valence-electron chi connectivity index (χ4n) is 0.965. The van der Waals surface area contributed by atoms with Gasteiger partial charge >= 0.3 is 5.97 Å². The van der Waals surface area contributed by atoms with Crippen LogP contribution in [-0.4, -0.2) is 30.1 Å². The van der Waals surface area contributed by atoms with Crippen molar-refractivity contribution >= 4 is 17.7 Å². The van der Waals surface area contributed by atoms with Gasteiger partial charge in [-0.3, -0.25) is 4.79 Å². The molecule has 0 aromatic heterocycles. The number of esters is 1. The molecule has 3 nitrogen and oxygen atoms in total. The van der Waals surface area contributed by atoms with Gasteiger partial charge in [0.05, 0.1) is 7.11 Å². The van der Waals surface area contributed by atoms with Crippen LogP contribution in [0.25, 0.3) is 0 Å². The van der Waals surface area contributed by atoms with E-state index in [0.29, 0.717) is 0 Å². The van der Waals surface area contributed by atoms with Gasteiger partial charge in [-0.2, -0.15) is 0 Å². The first-order valence-corrected chi connectivity index (χ1v) is 4.25. The molecule has 0 aromatic carbocycles. The zero-order valence-corrected chi connectivity index (χ0v) is 6.69. The number of carbonyl (C=O) groups excluding carboxylic acids is 1. The van der Waals surface area contributed by atoms with E-state index in [2.05, 4.69) is 4.74 Å². The molecule has 0 amide bonds. The molecule has 0 saturated carbocycles. The predicted molar refractivity (Wildman–Crippen MR) is 40.9 cm³/mol. The molecule has 1 fully saturated rings. The van der Waals surface area contributed by atoms with Gasteiger partial charge in [-0.25, -0.2) is 0 Å². The lowest BCUT2D eigenvalue weighted by molar-refractivity contribution is -0.140. The number of methoxy groups -OCH3 is 1. The molecular formula is C6H11NO2S. The summed E-state index contributed by atoms with van der Waals surface area (Å²) in [5.74, 6) is 0.788. The van der Waals surface area contributed by atoms with Gasteiger partial charge in [-0.05, 0) is 12.2 Å². The number of carbonyl (C=O) groups is 1. The highest BCUT2D eigenvalue weighted by atomic mass is 32.2. The molecule has 1 rings (SSSR count). The van der Waals surface area contributed by atoms with E-state index < -0.39 is 0 Å². The predicted octanol–water partition coefficient (Wildman–Crippen LogP) is -0.00780. The molecule has 0 spiro atoms. The Hall–Kier alpha value is -0.220. The molecule has 0 aliphatic carbocycles. The van der Waals surface area contributed by atoms with Crippen molar-refractivity contribution in [1.29, 1.82) is 0 Å². The molecule has 4 heteroatoms. The Balaban J connectivity index is 2.46. The monoisotopic (exact) mass is 161 g/mol. The minimum Gasteiger partial charge on any atom is -0.468 e. The summed E-state index contributed by atoms with van der Waals surface area (Å²) in [7, 11) is 1.40. The Morgan fingerprint density at radius 2 is 2.50 bits per heavy atom. The maximum atomic E-state index is 10.9. The van der Waals surface area contributed by atoms with E-state index in [4.69, 9.17) is 5.73 Å². The van der Waals surface area contributed by atoms with E-state index in [9.17, 15) is 4.79 Å². The van der Waals surface area contributed by atoms with Crippen LogP contribution in [-0.2, 0) is 9.53 Å². The lowest BCUT2D eigenvalue weighted by Crippen LogP contribution is -2.34. The van der Waals surface area contributed by atoms with E-state index >= 15 is 0 Å². The summed E-state index contributed by atoms with van der Waals surface area (Å²) in [4.78, 5) is 10.9. The minimum absolute atomic E-state index is 0.00236. The van der Waals surface area contributed by atoms with Crippen LogP contribution in [0, 0.1) is 0 Å². The van der Waals surface area contributed by atoms with Crippen molar-refractivity contribution in [3.8, 4) is 0 Å². The highest BCUT2D eigenvalue weighted by molar-refractivity contribution is 8.00. The summed E-state index contributed by atoms with van der Waals surface area (Å²) >= 11 is 1.58. The summed E-state index contributed by atoms with van der Waals surface area (Å²) in [5, 5.41) is -0.120. The second-order valence-electron chi connectivity index (χ2n) is 2.27. The molecule has 0 aromatic rings. The second-order valence-corrected chi connectivity index (χ2v) is 3.52. The van der Waals surface area contributed by atoms with Gasteiger partial charge in [0, 0.05) is 6.04 Å². The lowest BCUT2D eigenvalue weighted by atomic mass is 10.2. The van der Waals surface area contributed by atoms with Crippen LogP contribution in [0.1, 0.15) is 6.42 Å². The molecule has 2 N–H and O–H groups in total. The summed E-state index contributed by atoms with van der Waals surface area (Å²) in [5.41, 5.74) is 5.63. The van der Waals surface area contributed by atoms with Crippen LogP contribution >= 0.6 is 11.8 Å². The average molecular weight is 161 g/mol. The first-order valence-electron chi connectivity index (χ1n) is 3.20. The fraction of sp³-hybridized carbons (Fsp3) is 0.833. The highest BCUT2D eigenvalue weighted by Gasteiger charge is 2.31. The highest BCUT2D eigenvalue weighted by Crippen LogP contribution is 2.25. The van der Waals surface area contributed by atoms with Crippen LogP contribution in [0.4, 0.5) is 0 Å². The normalized spacial score (nSPS) is 32.2. The molecule has 1 aliphatic heterocycles. The smallest absolute Gasteiger partial charge is 0.320 e. The molecule has 1 saturated heterocycles. The van der Waals surface area contributed by atoms with E-state index in [-0.39, 0.29) is 17.3 Å². The van der Waals surface area contributed by atoms with Crippen molar-refractivity contribution in [2.75, 3.05) is 12.9 Å². The van der Waals surface area contributed by atoms with E-state index in [0.717, 1.165) is 12.2 Å². The van der Waals surface area contributed by atoms with Gasteiger partial charge in [0.1, 0.15) is 5.25 Å². The number of ether oxygens (including phenoxy) is 1. The zero-order valence-electron chi connectivity index (χ0n) is 5.87. The number of nitrogens with two attached hydrogens (primary N) is 1. The minimum atomic E-state index is -0.185. The number of thioether (sulfide) groups is 1. The van der Waals surface area contributed by atoms with Gasteiger partial charge in [-0.15, -0.1) is 11.8 Å². The molecule has 1 aliphatic rings. The summed E-state index contributed by atoms with van der Waals surface area (Å²) in [6.45, 7) is 0. The molecule has 10 heavy (non-hydrogen) atoms. The van der Waals surface area contributed by atoms with Crippen LogP contribution in [0.5, 0.6) is 0 Å². The van der Waals surface area contributed by atoms with Gasteiger partial charge in [0.15, 0.2) is 0 Å². The van der Waals surface area contributed by atoms with Crippen LogP contribution < -0.4 is 5.73 Å². The Kier molecular flexibility index (Phi) is 2.56. The summed E-state index contributed by atoms with van der Waals surface area (Å²) in [6.07, 6.45) is 0.921. The Labute approximate surface area is 64.3 Å². The van der Waals surface area contributed by atoms with E-state index in [1.165, 1.54) is 7.11 Å². The largest absolute Gasteiger partial charge is 0.468 e. The lowest BCUT2D eigenvalue weighted by Gasteiger charge is -2.10. The van der Waals surface area contributed by atoms with Crippen molar-refractivity contribution in [1.82, 2.24) is 0 Å². The standard InChI is InChI=1S/C6H11NO2S/c1-9-6(8)5-4(7)2-3-10-5/h4-5H,2-3,7H2,1H3. The van der Waals surface area contributed by atoms with Crippen molar-refractivity contribution in [2.24, 2.45) is 5.73 Å². The fourth-order valence-corrected chi connectivity index (χ4v) is 2.24. The van der Waals surface area contributed by atoms with E-state index in [1.54, 1.807) is 11.8 Å². The van der Waals surface area contributed by atoms with Gasteiger partial charge < -0.3 is 10.5 Å². The van der Waals surface area contributed by atoms with Crippen LogP contribution in [0.2, 0.25) is 0 Å². The SMILES string of the molecule is COC(=O)C1SCCC1N. The Morgan fingerprint density at radius 3 is 2.90 bits per heavy atom. The molecule has 2 atom stereocenters. The van der Waals surface area contributed by atoms with Gasteiger partial charge in [-0.1, -0.05) is 0 Å². The third kappa shape index (κ3) is 1.44. The van der Waals surface area contributed by atoms with Crippen molar-refractivity contribution < 1.29 is 9.53 Å². The third-order valence-electron chi connectivity index (χ3n) is 1.57. The molecule has 2 unspecified atom stereocenters. The molecule has 0 radical (unpaired) electrons. The molecule has 1 heterocycles. The molecular weight excluding hydrogens is 150 g/mol. The topological polar surface area (TPSA) is 52.3 Å². The summed E-state index contributed by atoms with van der Waals surface area (Å²) < 4.78 is 4.56. The first-order chi connectivity index (χ1) is 4.75. The number of rotatable bonds is 1. The van der Waals surface area contributed by atoms with Crippen LogP contribution in [0.3, 0.4) is 0 Å². The van der Waals surface area contributed by atoms with Gasteiger partial charge in [0.2, 0.25) is 0 Å². The molecule has 0 bridgehead atoms. The van der Waals surface area contributed by atoms with E-state index in [1.807, 2.05) is 0 Å². The number of hydrogen-bond donors (Lipinski definition) is 1. The van der Waals surface area contributed by atoms with Crippen molar-refractivity contribution in [3.63, 3.8) is 0 Å². The quantitative estimate of drug-likeness (QED) is 0.550. The Morgan fingerprint density at radius 1 is 1.80 bits per heavy atom. The maximum absolute atomic E-state index is 10.9. The van der Waals surface area contributed by atoms with Crippen molar-refractivity contribution in [2.45, 2.75) is 17.7 Å². The second kappa shape index (κ2) is 3.25.